The predicted octanol–water partition coefficient (Wildman–Crippen LogP) is 2.88. The number of hydrogen-bond acceptors (Lipinski definition) is 6. The van der Waals surface area contributed by atoms with Crippen molar-refractivity contribution in [2.24, 2.45) is 0 Å². The molecule has 1 N–H and O–H groups in total. The molecule has 0 fully saturated rings. The summed E-state index contributed by atoms with van der Waals surface area (Å²) in [6.07, 6.45) is 0. The van der Waals surface area contributed by atoms with Gasteiger partial charge >= 0.3 is 0 Å². The van der Waals surface area contributed by atoms with Gasteiger partial charge in [0.15, 0.2) is 18.1 Å². The minimum atomic E-state index is -0.519. The average Bonchev–Trinajstić information content (AvgIpc) is 2.61. The minimum Gasteiger partial charge on any atom is -0.490 e. The van der Waals surface area contributed by atoms with Gasteiger partial charge in [0, 0.05) is 23.9 Å². The molecule has 0 saturated heterocycles. The Kier molecular flexibility index (Phi) is 5.90. The van der Waals surface area contributed by atoms with Crippen LogP contribution >= 0.6 is 0 Å². The average molecular weight is 341 g/mol. The van der Waals surface area contributed by atoms with Crippen LogP contribution in [0, 0.1) is 21.4 Å². The van der Waals surface area contributed by atoms with Gasteiger partial charge in [-0.2, -0.15) is 5.26 Å². The van der Waals surface area contributed by atoms with Gasteiger partial charge < -0.3 is 14.8 Å². The summed E-state index contributed by atoms with van der Waals surface area (Å²) in [5.41, 5.74) is 0.781. The monoisotopic (exact) mass is 341 g/mol. The van der Waals surface area contributed by atoms with Crippen LogP contribution in [0.5, 0.6) is 11.5 Å². The van der Waals surface area contributed by atoms with Crippen molar-refractivity contribution < 1.29 is 19.2 Å². The molecule has 128 valence electrons. The lowest BCUT2D eigenvalue weighted by atomic mass is 10.2. The maximum atomic E-state index is 11.9. The third-order valence-electron chi connectivity index (χ3n) is 3.09. The number of non-ortho nitro benzene ring substituents is 1. The van der Waals surface area contributed by atoms with Crippen molar-refractivity contribution in [2.45, 2.75) is 6.92 Å². The van der Waals surface area contributed by atoms with E-state index < -0.39 is 10.8 Å². The van der Waals surface area contributed by atoms with Gasteiger partial charge in [0.2, 0.25) is 0 Å². The van der Waals surface area contributed by atoms with Crippen molar-refractivity contribution in [3.8, 4) is 17.6 Å². The van der Waals surface area contributed by atoms with Gasteiger partial charge in [-0.15, -0.1) is 0 Å². The van der Waals surface area contributed by atoms with E-state index in [4.69, 9.17) is 14.7 Å². The van der Waals surface area contributed by atoms with Crippen molar-refractivity contribution in [3.63, 3.8) is 0 Å². The quantitative estimate of drug-likeness (QED) is 0.611. The second kappa shape index (κ2) is 8.31. The first-order chi connectivity index (χ1) is 12.0. The highest BCUT2D eigenvalue weighted by Gasteiger charge is 2.10. The molecule has 0 atom stereocenters. The summed E-state index contributed by atoms with van der Waals surface area (Å²) in [5, 5.41) is 22.1. The number of hydrogen-bond donors (Lipinski definition) is 1. The highest BCUT2D eigenvalue weighted by Crippen LogP contribution is 2.28. The standard InChI is InChI=1S/C17H15N3O5/c1-2-24-16-9-12(10-18)3-8-15(16)25-11-17(21)19-13-4-6-14(7-5-13)20(22)23/h3-9H,2,11H2,1H3,(H,19,21). The molecule has 0 spiro atoms. The van der Waals surface area contributed by atoms with Crippen LogP contribution in [0.1, 0.15) is 12.5 Å². The second-order valence-corrected chi connectivity index (χ2v) is 4.85. The number of nitrogens with one attached hydrogen (secondary N) is 1. The number of ether oxygens (including phenoxy) is 2. The SMILES string of the molecule is CCOc1cc(C#N)ccc1OCC(=O)Nc1ccc([N+](=O)[O-])cc1. The van der Waals surface area contributed by atoms with Crippen LogP contribution < -0.4 is 14.8 Å². The van der Waals surface area contributed by atoms with E-state index in [9.17, 15) is 14.9 Å². The fourth-order valence-electron chi connectivity index (χ4n) is 1.97. The molecule has 2 rings (SSSR count). The van der Waals surface area contributed by atoms with E-state index >= 15 is 0 Å². The molecule has 8 nitrogen and oxygen atoms in total. The molecule has 25 heavy (non-hydrogen) atoms. The van der Waals surface area contributed by atoms with Crippen molar-refractivity contribution in [3.05, 3.63) is 58.1 Å². The molecule has 0 heterocycles. The zero-order valence-corrected chi connectivity index (χ0v) is 13.4. The Labute approximate surface area is 143 Å². The van der Waals surface area contributed by atoms with Gasteiger partial charge in [-0.25, -0.2) is 0 Å². The van der Waals surface area contributed by atoms with Crippen LogP contribution in [0.15, 0.2) is 42.5 Å². The number of anilines is 1. The Bertz CT molecular complexity index is 812. The van der Waals surface area contributed by atoms with Crippen LogP contribution in [0.3, 0.4) is 0 Å². The number of nitriles is 1. The molecule has 8 heteroatoms. The Hall–Kier alpha value is -3.60. The summed E-state index contributed by atoms with van der Waals surface area (Å²) in [6, 6.07) is 12.1. The Morgan fingerprint density at radius 1 is 1.20 bits per heavy atom. The van der Waals surface area contributed by atoms with E-state index in [0.29, 0.717) is 29.4 Å². The molecule has 2 aromatic carbocycles. The summed E-state index contributed by atoms with van der Waals surface area (Å²) < 4.78 is 10.8. The maximum absolute atomic E-state index is 11.9. The molecule has 0 aliphatic rings. The number of carbonyl (C=O) groups is 1. The van der Waals surface area contributed by atoms with Crippen molar-refractivity contribution in [1.29, 1.82) is 5.26 Å². The topological polar surface area (TPSA) is 114 Å². The number of nitrogens with zero attached hydrogens (tertiary/aromatic N) is 2. The van der Waals surface area contributed by atoms with E-state index in [2.05, 4.69) is 5.32 Å². The Balaban J connectivity index is 1.97. The molecule has 0 aliphatic heterocycles. The summed E-state index contributed by atoms with van der Waals surface area (Å²) in [5.74, 6) is 0.296. The largest absolute Gasteiger partial charge is 0.490 e. The van der Waals surface area contributed by atoms with Gasteiger partial charge in [0.25, 0.3) is 11.6 Å². The van der Waals surface area contributed by atoms with Crippen LogP contribution in [-0.4, -0.2) is 24.0 Å². The second-order valence-electron chi connectivity index (χ2n) is 4.85. The Morgan fingerprint density at radius 3 is 2.52 bits per heavy atom. The first-order valence-electron chi connectivity index (χ1n) is 7.37. The van der Waals surface area contributed by atoms with Crippen LogP contribution in [0.25, 0.3) is 0 Å². The lowest BCUT2D eigenvalue weighted by molar-refractivity contribution is -0.384. The Morgan fingerprint density at radius 2 is 1.92 bits per heavy atom. The number of amides is 1. The molecule has 0 aliphatic carbocycles. The summed E-state index contributed by atoms with van der Waals surface area (Å²) in [4.78, 5) is 22.0. The fourth-order valence-corrected chi connectivity index (χ4v) is 1.97. The smallest absolute Gasteiger partial charge is 0.269 e. The van der Waals surface area contributed by atoms with Crippen molar-refractivity contribution in [1.82, 2.24) is 0 Å². The minimum absolute atomic E-state index is 0.0619. The molecular formula is C17H15N3O5. The summed E-state index contributed by atoms with van der Waals surface area (Å²) >= 11 is 0. The summed E-state index contributed by atoms with van der Waals surface area (Å²) in [6.45, 7) is 1.91. The normalized spacial score (nSPS) is 9.76. The molecule has 0 bridgehead atoms. The summed E-state index contributed by atoms with van der Waals surface area (Å²) in [7, 11) is 0. The number of nitro groups is 1. The van der Waals surface area contributed by atoms with Crippen LogP contribution in [-0.2, 0) is 4.79 Å². The van der Waals surface area contributed by atoms with E-state index in [1.165, 1.54) is 30.3 Å². The number of carbonyl (C=O) groups excluding carboxylic acids is 1. The number of benzene rings is 2. The van der Waals surface area contributed by atoms with E-state index in [1.807, 2.05) is 6.07 Å². The lowest BCUT2D eigenvalue weighted by Gasteiger charge is -2.12. The predicted molar refractivity (Wildman–Crippen MR) is 89.5 cm³/mol. The molecule has 0 saturated carbocycles. The first kappa shape index (κ1) is 17.7. The molecule has 0 aromatic heterocycles. The molecule has 1 amide bonds. The third kappa shape index (κ3) is 4.94. The fraction of sp³-hybridized carbons (Fsp3) is 0.176. The van der Waals surface area contributed by atoms with Gasteiger partial charge in [0.05, 0.1) is 23.2 Å². The molecular weight excluding hydrogens is 326 g/mol. The van der Waals surface area contributed by atoms with E-state index in [1.54, 1.807) is 19.1 Å². The molecule has 0 unspecified atom stereocenters. The first-order valence-corrected chi connectivity index (χ1v) is 7.37. The zero-order chi connectivity index (χ0) is 18.2. The lowest BCUT2D eigenvalue weighted by Crippen LogP contribution is -2.20. The molecule has 2 aromatic rings. The zero-order valence-electron chi connectivity index (χ0n) is 13.4. The van der Waals surface area contributed by atoms with Gasteiger partial charge in [-0.1, -0.05) is 0 Å². The highest BCUT2D eigenvalue weighted by atomic mass is 16.6. The van der Waals surface area contributed by atoms with E-state index in [-0.39, 0.29) is 12.3 Å². The van der Waals surface area contributed by atoms with Crippen molar-refractivity contribution in [2.75, 3.05) is 18.5 Å². The van der Waals surface area contributed by atoms with Gasteiger partial charge in [0.1, 0.15) is 0 Å². The van der Waals surface area contributed by atoms with E-state index in [0.717, 1.165) is 0 Å². The molecule has 0 radical (unpaired) electrons. The van der Waals surface area contributed by atoms with Gasteiger partial charge in [-0.05, 0) is 31.2 Å². The third-order valence-corrected chi connectivity index (χ3v) is 3.09. The van der Waals surface area contributed by atoms with Gasteiger partial charge in [-0.3, -0.25) is 14.9 Å². The maximum Gasteiger partial charge on any atom is 0.269 e. The number of rotatable bonds is 7. The highest BCUT2D eigenvalue weighted by molar-refractivity contribution is 5.92. The van der Waals surface area contributed by atoms with Crippen LogP contribution in [0.4, 0.5) is 11.4 Å². The van der Waals surface area contributed by atoms with Crippen molar-refractivity contribution >= 4 is 17.3 Å². The number of nitro benzene ring substituents is 1. The van der Waals surface area contributed by atoms with Crippen LogP contribution in [0.2, 0.25) is 0 Å².